The number of nitrogens with zero attached hydrogens (tertiary/aromatic N) is 5. The third-order valence-electron chi connectivity index (χ3n) is 7.31. The molecule has 1 atom stereocenters. The number of pyridine rings is 2. The fraction of sp³-hybridized carbons (Fsp3) is 0.448. The Bertz CT molecular complexity index is 1620. The van der Waals surface area contributed by atoms with Gasteiger partial charge in [-0.2, -0.15) is 0 Å². The van der Waals surface area contributed by atoms with Crippen LogP contribution in [-0.4, -0.2) is 66.5 Å². The lowest BCUT2D eigenvalue weighted by Crippen LogP contribution is -2.52. The van der Waals surface area contributed by atoms with Gasteiger partial charge in [0.25, 0.3) is 0 Å². The molecule has 1 N–H and O–H groups in total. The van der Waals surface area contributed by atoms with E-state index in [1.54, 1.807) is 20.2 Å². The molecule has 0 aromatic carbocycles. The van der Waals surface area contributed by atoms with Gasteiger partial charge in [-0.3, -0.25) is 9.47 Å². The second kappa shape index (κ2) is 10.00. The summed E-state index contributed by atoms with van der Waals surface area (Å²) in [5, 5.41) is 1.00. The molecule has 0 saturated carbocycles. The van der Waals surface area contributed by atoms with E-state index in [1.165, 1.54) is 0 Å². The van der Waals surface area contributed by atoms with Crippen molar-refractivity contribution < 1.29 is 14.3 Å². The molecule has 39 heavy (non-hydrogen) atoms. The van der Waals surface area contributed by atoms with Crippen molar-refractivity contribution in [1.82, 2.24) is 29.0 Å². The van der Waals surface area contributed by atoms with E-state index in [9.17, 15) is 9.59 Å². The molecule has 5 heterocycles. The van der Waals surface area contributed by atoms with Crippen molar-refractivity contribution >= 4 is 34.0 Å². The zero-order valence-electron chi connectivity index (χ0n) is 22.6. The molecule has 10 heteroatoms. The van der Waals surface area contributed by atoms with Crippen molar-refractivity contribution in [3.8, 4) is 11.1 Å². The van der Waals surface area contributed by atoms with Crippen LogP contribution in [0.5, 0.6) is 0 Å². The highest BCUT2D eigenvalue weighted by Gasteiger charge is 2.33. The average molecular weight is 531 g/mol. The molecule has 10 nitrogen and oxygen atoms in total. The van der Waals surface area contributed by atoms with Gasteiger partial charge in [0.1, 0.15) is 11.2 Å². The zero-order valence-corrected chi connectivity index (χ0v) is 22.6. The fourth-order valence-corrected chi connectivity index (χ4v) is 5.42. The number of hydrogen-bond acceptors (Lipinski definition) is 6. The molecule has 6 rings (SSSR count). The molecular formula is C29H34N6O4. The van der Waals surface area contributed by atoms with Crippen molar-refractivity contribution in [2.75, 3.05) is 19.8 Å². The van der Waals surface area contributed by atoms with Gasteiger partial charge in [-0.1, -0.05) is 6.08 Å². The lowest BCUT2D eigenvalue weighted by atomic mass is 10.0. The number of H-pyrrole nitrogens is 1. The summed E-state index contributed by atoms with van der Waals surface area (Å²) in [6, 6.07) is 5.69. The molecule has 4 aromatic rings. The van der Waals surface area contributed by atoms with Crippen molar-refractivity contribution in [2.45, 2.75) is 64.6 Å². The predicted octanol–water partition coefficient (Wildman–Crippen LogP) is 4.79. The van der Waals surface area contributed by atoms with E-state index in [4.69, 9.17) is 14.5 Å². The van der Waals surface area contributed by atoms with E-state index < -0.39 is 11.7 Å². The second-order valence-electron chi connectivity index (χ2n) is 11.3. The molecule has 1 fully saturated rings. The molecule has 0 radical (unpaired) electrons. The summed E-state index contributed by atoms with van der Waals surface area (Å²) in [7, 11) is 0. The first-order chi connectivity index (χ1) is 18.8. The van der Waals surface area contributed by atoms with Gasteiger partial charge in [0.15, 0.2) is 5.65 Å². The predicted molar refractivity (Wildman–Crippen MR) is 149 cm³/mol. The van der Waals surface area contributed by atoms with Gasteiger partial charge in [0.2, 0.25) is 0 Å². The lowest BCUT2D eigenvalue weighted by molar-refractivity contribution is -0.0358. The van der Waals surface area contributed by atoms with Gasteiger partial charge >= 0.3 is 11.8 Å². The Morgan fingerprint density at radius 1 is 1.18 bits per heavy atom. The number of carbonyl (C=O) groups excluding carboxylic acids is 1. The first kappa shape index (κ1) is 25.4. The molecule has 1 amide bonds. The van der Waals surface area contributed by atoms with Crippen LogP contribution in [0.15, 0.2) is 47.7 Å². The number of rotatable bonds is 4. The lowest BCUT2D eigenvalue weighted by Gasteiger charge is -2.36. The van der Waals surface area contributed by atoms with E-state index in [2.05, 4.69) is 22.1 Å². The zero-order chi connectivity index (χ0) is 27.1. The number of allylic oxidation sites excluding steroid dienone is 2. The smallest absolute Gasteiger partial charge is 0.410 e. The SMILES string of the molecule is CC(C)(C)OC(=O)N1CCOCC1Cn1c(=O)n(C2=CCCCC2)c2ncc(-c3cnc4[nH]ccc4c3)cc21. The highest BCUT2D eigenvalue weighted by molar-refractivity contribution is 5.85. The maximum atomic E-state index is 14.0. The molecule has 1 unspecified atom stereocenters. The highest BCUT2D eigenvalue weighted by atomic mass is 16.6. The van der Waals surface area contributed by atoms with Crippen LogP contribution in [0.25, 0.3) is 39.0 Å². The number of amides is 1. The van der Waals surface area contributed by atoms with Gasteiger partial charge < -0.3 is 14.5 Å². The fourth-order valence-electron chi connectivity index (χ4n) is 5.42. The van der Waals surface area contributed by atoms with E-state index in [0.717, 1.165) is 53.5 Å². The first-order valence-electron chi connectivity index (χ1n) is 13.6. The number of imidazole rings is 1. The van der Waals surface area contributed by atoms with Crippen LogP contribution < -0.4 is 5.69 Å². The van der Waals surface area contributed by atoms with Gasteiger partial charge in [-0.15, -0.1) is 0 Å². The van der Waals surface area contributed by atoms with Crippen molar-refractivity contribution in [2.24, 2.45) is 0 Å². The molecule has 1 saturated heterocycles. The van der Waals surface area contributed by atoms with Crippen molar-refractivity contribution in [3.63, 3.8) is 0 Å². The number of carbonyl (C=O) groups is 1. The monoisotopic (exact) mass is 530 g/mol. The molecule has 2 aliphatic rings. The van der Waals surface area contributed by atoms with Crippen molar-refractivity contribution in [3.05, 3.63) is 53.3 Å². The number of nitrogens with one attached hydrogen (secondary N) is 1. The van der Waals surface area contributed by atoms with Crippen LogP contribution >= 0.6 is 0 Å². The Balaban J connectivity index is 1.44. The van der Waals surface area contributed by atoms with Crippen LogP contribution in [0.3, 0.4) is 0 Å². The summed E-state index contributed by atoms with van der Waals surface area (Å²) in [5.41, 5.74) is 4.14. The first-order valence-corrected chi connectivity index (χ1v) is 13.6. The minimum atomic E-state index is -0.617. The Kier molecular flexibility index (Phi) is 6.50. The van der Waals surface area contributed by atoms with Crippen molar-refractivity contribution in [1.29, 1.82) is 0 Å². The Morgan fingerprint density at radius 3 is 2.79 bits per heavy atom. The molecule has 0 spiro atoms. The quantitative estimate of drug-likeness (QED) is 0.407. The Morgan fingerprint density at radius 2 is 2.00 bits per heavy atom. The molecule has 1 aliphatic heterocycles. The van der Waals surface area contributed by atoms with Crippen LogP contribution in [-0.2, 0) is 16.0 Å². The van der Waals surface area contributed by atoms with Crippen LogP contribution in [0.4, 0.5) is 4.79 Å². The molecule has 204 valence electrons. The van der Waals surface area contributed by atoms with Gasteiger partial charge in [-0.05, 0) is 64.7 Å². The summed E-state index contributed by atoms with van der Waals surface area (Å²) >= 11 is 0. The van der Waals surface area contributed by atoms with Gasteiger partial charge in [0.05, 0.1) is 31.3 Å². The summed E-state index contributed by atoms with van der Waals surface area (Å²) in [6.07, 6.45) is 11.1. The van der Waals surface area contributed by atoms with Crippen LogP contribution in [0.1, 0.15) is 46.5 Å². The number of morpholine rings is 1. The third kappa shape index (κ3) is 4.96. The maximum absolute atomic E-state index is 14.0. The van der Waals surface area contributed by atoms with Crippen LogP contribution in [0, 0.1) is 0 Å². The summed E-state index contributed by atoms with van der Waals surface area (Å²) in [4.78, 5) is 41.2. The third-order valence-corrected chi connectivity index (χ3v) is 7.31. The topological polar surface area (TPSA) is 107 Å². The standard InChI is InChI=1S/C29H34N6O4/c1-29(2,3)39-28(37)33-11-12-38-18-23(33)17-34-24-14-21(20-13-19-9-10-30-25(19)31-15-20)16-32-26(24)35(27(34)36)22-7-5-4-6-8-22/h7,9-10,13-16,23H,4-6,8,11-12,17-18H2,1-3H3,(H,30,31). The summed E-state index contributed by atoms with van der Waals surface area (Å²) < 4.78 is 14.9. The molecular weight excluding hydrogens is 496 g/mol. The van der Waals surface area contributed by atoms with E-state index in [0.29, 0.717) is 30.9 Å². The summed E-state index contributed by atoms with van der Waals surface area (Å²) in [6.45, 7) is 6.98. The van der Waals surface area contributed by atoms with Gasteiger partial charge in [-0.25, -0.2) is 24.1 Å². The van der Waals surface area contributed by atoms with Crippen LogP contribution in [0.2, 0.25) is 0 Å². The summed E-state index contributed by atoms with van der Waals surface area (Å²) in [5.74, 6) is 0. The number of fused-ring (bicyclic) bond motifs is 2. The Labute approximate surface area is 226 Å². The number of hydrogen-bond donors (Lipinski definition) is 1. The average Bonchev–Trinajstić information content (AvgIpc) is 3.50. The van der Waals surface area contributed by atoms with Gasteiger partial charge in [0, 0.05) is 47.3 Å². The number of aromatic nitrogens is 5. The molecule has 4 aromatic heterocycles. The second-order valence-corrected chi connectivity index (χ2v) is 11.3. The largest absolute Gasteiger partial charge is 0.444 e. The Hall–Kier alpha value is -3.92. The van der Waals surface area contributed by atoms with E-state index >= 15 is 0 Å². The number of aromatic amines is 1. The maximum Gasteiger partial charge on any atom is 0.410 e. The number of ether oxygens (including phenoxy) is 2. The molecule has 0 bridgehead atoms. The minimum absolute atomic E-state index is 0.156. The highest BCUT2D eigenvalue weighted by Crippen LogP contribution is 2.28. The molecule has 1 aliphatic carbocycles. The van der Waals surface area contributed by atoms with E-state index in [1.807, 2.05) is 45.3 Å². The minimum Gasteiger partial charge on any atom is -0.444 e. The normalized spacial score (nSPS) is 18.5. The van der Waals surface area contributed by atoms with E-state index in [-0.39, 0.29) is 18.3 Å².